The lowest BCUT2D eigenvalue weighted by atomic mass is 10.1. The van der Waals surface area contributed by atoms with E-state index in [2.05, 4.69) is 15.5 Å². The number of benzene rings is 1. The molecule has 0 amide bonds. The first kappa shape index (κ1) is 16.3. The number of aromatic nitrogens is 1. The number of hydrogen-bond donors (Lipinski definition) is 3. The van der Waals surface area contributed by atoms with Gasteiger partial charge in [0, 0.05) is 18.0 Å². The van der Waals surface area contributed by atoms with E-state index in [0.29, 0.717) is 11.3 Å². The topological polar surface area (TPSA) is 145 Å². The largest absolute Gasteiger partial charge is 0.297 e. The molecule has 1 aromatic carbocycles. The van der Waals surface area contributed by atoms with Gasteiger partial charge in [-0.05, 0) is 36.4 Å². The van der Waals surface area contributed by atoms with Crippen LogP contribution >= 0.6 is 0 Å². The Kier molecular flexibility index (Phi) is 4.80. The number of anilines is 1. The lowest BCUT2D eigenvalue weighted by molar-refractivity contribution is 0.598. The van der Waals surface area contributed by atoms with Gasteiger partial charge in [0.05, 0.1) is 16.3 Å². The zero-order valence-electron chi connectivity index (χ0n) is 11.8. The van der Waals surface area contributed by atoms with Gasteiger partial charge >= 0.3 is 0 Å². The smallest absolute Gasteiger partial charge is 0.238 e. The third-order valence-electron chi connectivity index (χ3n) is 2.79. The molecular formula is C14H12N6O2S. The van der Waals surface area contributed by atoms with E-state index in [1.807, 2.05) is 6.07 Å². The van der Waals surface area contributed by atoms with E-state index < -0.39 is 10.0 Å². The summed E-state index contributed by atoms with van der Waals surface area (Å²) >= 11 is 0. The van der Waals surface area contributed by atoms with Crippen molar-refractivity contribution in [2.24, 2.45) is 10.2 Å². The number of hydrogen-bond acceptors (Lipinski definition) is 7. The van der Waals surface area contributed by atoms with Gasteiger partial charge in [0.15, 0.2) is 5.71 Å². The highest BCUT2D eigenvalue weighted by Gasteiger charge is 2.10. The molecule has 2 rings (SSSR count). The van der Waals surface area contributed by atoms with E-state index in [1.165, 1.54) is 36.7 Å². The summed E-state index contributed by atoms with van der Waals surface area (Å²) < 4.78 is 22.3. The number of primary sulfonamides is 1. The van der Waals surface area contributed by atoms with Crippen molar-refractivity contribution >= 4 is 27.1 Å². The molecule has 0 saturated heterocycles. The van der Waals surface area contributed by atoms with Gasteiger partial charge in [0.2, 0.25) is 10.0 Å². The maximum Gasteiger partial charge on any atom is 0.238 e. The molecule has 0 atom stereocenters. The molecule has 9 heteroatoms. The summed E-state index contributed by atoms with van der Waals surface area (Å²) in [6.45, 7) is 0. The fourth-order valence-corrected chi connectivity index (χ4v) is 2.15. The van der Waals surface area contributed by atoms with Gasteiger partial charge in [-0.2, -0.15) is 10.4 Å². The summed E-state index contributed by atoms with van der Waals surface area (Å²) in [5.74, 6) is 0. The standard InChI is InChI=1S/C14H12N6O2S/c15-9-13(14(16)10-5-7-18-8-6-10)20-19-11-1-3-12(4-2-11)23(17,21)22/h1-8,16,19H,(H2,17,21,22)/b16-14?,20-13+. The molecule has 2 aromatic rings. The highest BCUT2D eigenvalue weighted by atomic mass is 32.2. The monoisotopic (exact) mass is 328 g/mol. The van der Waals surface area contributed by atoms with E-state index in [9.17, 15) is 8.42 Å². The first-order chi connectivity index (χ1) is 10.9. The van der Waals surface area contributed by atoms with Gasteiger partial charge in [-0.1, -0.05) is 0 Å². The molecule has 0 saturated carbocycles. The highest BCUT2D eigenvalue weighted by molar-refractivity contribution is 7.89. The van der Waals surface area contributed by atoms with Crippen molar-refractivity contribution in [3.8, 4) is 6.07 Å². The summed E-state index contributed by atoms with van der Waals surface area (Å²) in [5, 5.41) is 25.9. The Hall–Kier alpha value is -3.09. The Bertz CT molecular complexity index is 883. The number of rotatable bonds is 5. The van der Waals surface area contributed by atoms with Crippen LogP contribution in [-0.4, -0.2) is 24.8 Å². The summed E-state index contributed by atoms with van der Waals surface area (Å²) in [5.41, 5.74) is 3.39. The number of nitrogens with two attached hydrogens (primary N) is 1. The van der Waals surface area contributed by atoms with Gasteiger partial charge in [-0.15, -0.1) is 0 Å². The third-order valence-corrected chi connectivity index (χ3v) is 3.72. The zero-order chi connectivity index (χ0) is 16.9. The van der Waals surface area contributed by atoms with E-state index in [4.69, 9.17) is 15.8 Å². The van der Waals surface area contributed by atoms with Gasteiger partial charge in [-0.3, -0.25) is 15.8 Å². The lowest BCUT2D eigenvalue weighted by Crippen LogP contribution is -2.14. The molecule has 0 aliphatic heterocycles. The Morgan fingerprint density at radius 3 is 2.35 bits per heavy atom. The number of hydrazone groups is 1. The number of nitriles is 1. The maximum atomic E-state index is 11.2. The van der Waals surface area contributed by atoms with E-state index in [-0.39, 0.29) is 16.3 Å². The molecule has 0 aliphatic rings. The quantitative estimate of drug-likeness (QED) is 0.555. The molecule has 1 aromatic heterocycles. The Labute approximate surface area is 132 Å². The summed E-state index contributed by atoms with van der Waals surface area (Å²) in [6.07, 6.45) is 3.02. The van der Waals surface area contributed by atoms with Gasteiger partial charge in [0.1, 0.15) is 6.07 Å². The van der Waals surface area contributed by atoms with Crippen LogP contribution in [0.4, 0.5) is 5.69 Å². The molecule has 116 valence electrons. The predicted molar refractivity (Wildman–Crippen MR) is 85.6 cm³/mol. The van der Waals surface area contributed by atoms with Crippen molar-refractivity contribution in [3.63, 3.8) is 0 Å². The molecule has 0 bridgehead atoms. The molecular weight excluding hydrogens is 316 g/mol. The van der Waals surface area contributed by atoms with Crippen LogP contribution in [0.1, 0.15) is 5.56 Å². The van der Waals surface area contributed by atoms with Gasteiger partial charge in [0.25, 0.3) is 0 Å². The van der Waals surface area contributed by atoms with E-state index in [0.717, 1.165) is 0 Å². The molecule has 0 fully saturated rings. The second kappa shape index (κ2) is 6.78. The van der Waals surface area contributed by atoms with Crippen LogP contribution in [0.2, 0.25) is 0 Å². The van der Waals surface area contributed by atoms with Crippen molar-refractivity contribution in [1.29, 1.82) is 10.7 Å². The van der Waals surface area contributed by atoms with Crippen molar-refractivity contribution in [3.05, 3.63) is 54.4 Å². The molecule has 23 heavy (non-hydrogen) atoms. The van der Waals surface area contributed by atoms with Crippen LogP contribution in [0.25, 0.3) is 0 Å². The summed E-state index contributed by atoms with van der Waals surface area (Å²) in [6, 6.07) is 10.6. The van der Waals surface area contributed by atoms with Crippen LogP contribution in [0.15, 0.2) is 58.8 Å². The minimum absolute atomic E-state index is 0.0305. The zero-order valence-corrected chi connectivity index (χ0v) is 12.6. The number of pyridine rings is 1. The molecule has 0 unspecified atom stereocenters. The second-order valence-corrected chi connectivity index (χ2v) is 5.93. The fraction of sp³-hybridized carbons (Fsp3) is 0. The number of sulfonamides is 1. The van der Waals surface area contributed by atoms with Crippen LogP contribution < -0.4 is 10.6 Å². The van der Waals surface area contributed by atoms with Crippen molar-refractivity contribution < 1.29 is 8.42 Å². The molecule has 0 spiro atoms. The Balaban J connectivity index is 2.17. The Morgan fingerprint density at radius 1 is 1.22 bits per heavy atom. The average Bonchev–Trinajstić information content (AvgIpc) is 2.55. The number of nitrogens with zero attached hydrogens (tertiary/aromatic N) is 3. The average molecular weight is 328 g/mol. The first-order valence-electron chi connectivity index (χ1n) is 6.28. The molecule has 4 N–H and O–H groups in total. The summed E-state index contributed by atoms with van der Waals surface area (Å²) in [7, 11) is -3.76. The number of nitrogens with one attached hydrogen (secondary N) is 2. The second-order valence-electron chi connectivity index (χ2n) is 4.36. The first-order valence-corrected chi connectivity index (χ1v) is 7.82. The minimum Gasteiger partial charge on any atom is -0.297 e. The molecule has 0 aliphatic carbocycles. The normalized spacial score (nSPS) is 11.6. The molecule has 8 nitrogen and oxygen atoms in total. The van der Waals surface area contributed by atoms with Gasteiger partial charge < -0.3 is 0 Å². The maximum absolute atomic E-state index is 11.2. The minimum atomic E-state index is -3.76. The molecule has 0 radical (unpaired) electrons. The van der Waals surface area contributed by atoms with Crippen molar-refractivity contribution in [2.45, 2.75) is 4.90 Å². The highest BCUT2D eigenvalue weighted by Crippen LogP contribution is 2.12. The van der Waals surface area contributed by atoms with Crippen LogP contribution in [-0.2, 0) is 10.0 Å². The lowest BCUT2D eigenvalue weighted by Gasteiger charge is -2.04. The fourth-order valence-electron chi connectivity index (χ4n) is 1.63. The SMILES string of the molecule is N#C/C(=N\Nc1ccc(S(N)(=O)=O)cc1)C(=N)c1ccncc1. The van der Waals surface area contributed by atoms with E-state index in [1.54, 1.807) is 12.1 Å². The van der Waals surface area contributed by atoms with Crippen LogP contribution in [0, 0.1) is 16.7 Å². The Morgan fingerprint density at radius 2 is 1.83 bits per heavy atom. The van der Waals surface area contributed by atoms with Crippen LogP contribution in [0.5, 0.6) is 0 Å². The van der Waals surface area contributed by atoms with Crippen molar-refractivity contribution in [1.82, 2.24) is 4.98 Å². The van der Waals surface area contributed by atoms with E-state index >= 15 is 0 Å². The van der Waals surface area contributed by atoms with Crippen molar-refractivity contribution in [2.75, 3.05) is 5.43 Å². The summed E-state index contributed by atoms with van der Waals surface area (Å²) in [4.78, 5) is 3.81. The van der Waals surface area contributed by atoms with Gasteiger partial charge in [-0.25, -0.2) is 13.6 Å². The van der Waals surface area contributed by atoms with Crippen LogP contribution in [0.3, 0.4) is 0 Å². The third kappa shape index (κ3) is 4.19. The predicted octanol–water partition coefficient (Wildman–Crippen LogP) is 1.09. The molecule has 1 heterocycles.